The van der Waals surface area contributed by atoms with E-state index in [9.17, 15) is 0 Å². The molecular formula is C25H47N5O4Si2. The van der Waals surface area contributed by atoms with Crippen molar-refractivity contribution in [1.29, 1.82) is 0 Å². The Labute approximate surface area is 218 Å². The molecule has 0 amide bonds. The fourth-order valence-corrected chi connectivity index (χ4v) is 6.05. The molecule has 0 radical (unpaired) electrons. The molecule has 1 aliphatic rings. The summed E-state index contributed by atoms with van der Waals surface area (Å²) in [7, 11) is -4.19. The van der Waals surface area contributed by atoms with E-state index in [0.29, 0.717) is 36.6 Å². The summed E-state index contributed by atoms with van der Waals surface area (Å²) >= 11 is 0. The first-order chi connectivity index (χ1) is 16.4. The summed E-state index contributed by atoms with van der Waals surface area (Å²) < 4.78 is 28.8. The predicted molar refractivity (Wildman–Crippen MR) is 149 cm³/mol. The molecule has 11 heteroatoms. The summed E-state index contributed by atoms with van der Waals surface area (Å²) in [5, 5.41) is 0.108. The Morgan fingerprint density at radius 3 is 2.28 bits per heavy atom. The van der Waals surface area contributed by atoms with Crippen molar-refractivity contribution < 1.29 is 18.3 Å². The molecule has 9 nitrogen and oxygen atoms in total. The third-order valence-corrected chi connectivity index (χ3v) is 17.1. The smallest absolute Gasteiger partial charge is 0.195 e. The molecular weight excluding hydrogens is 490 g/mol. The second-order valence-electron chi connectivity index (χ2n) is 13.0. The zero-order chi connectivity index (χ0) is 27.2. The monoisotopic (exact) mass is 537 g/mol. The van der Waals surface area contributed by atoms with Crippen molar-refractivity contribution in [3.8, 4) is 0 Å². The maximum Gasteiger partial charge on any atom is 0.195 e. The second kappa shape index (κ2) is 10.1. The van der Waals surface area contributed by atoms with Crippen LogP contribution in [0.1, 0.15) is 67.5 Å². The molecule has 0 unspecified atom stereocenters. The first-order valence-corrected chi connectivity index (χ1v) is 18.8. The van der Waals surface area contributed by atoms with Crippen LogP contribution in [0.5, 0.6) is 0 Å². The van der Waals surface area contributed by atoms with Gasteiger partial charge in [-0.1, -0.05) is 48.5 Å². The van der Waals surface area contributed by atoms with Gasteiger partial charge in [0.15, 0.2) is 40.1 Å². The lowest BCUT2D eigenvalue weighted by Crippen LogP contribution is -2.48. The van der Waals surface area contributed by atoms with Gasteiger partial charge in [0.05, 0.1) is 19.0 Å². The standard InChI is InChI=1S/C25H47N5O4Si2/c1-12-13-31-25(15-32-35(8,9)23(2,3)4)14-18(34-36(10,11)24(5,6)7)22(33-25)30-17-29-19-20(26)27-16-28-21(19)30/h16-18,22H,12-15H2,1-11H3,(H2,26,27,28)/t18-,22-,25-/m1/s1. The first kappa shape index (κ1) is 29.2. The number of aromatic nitrogens is 4. The molecule has 1 saturated heterocycles. The highest BCUT2D eigenvalue weighted by atomic mass is 28.4. The third kappa shape index (κ3) is 5.86. The summed E-state index contributed by atoms with van der Waals surface area (Å²) in [6.45, 7) is 25.5. The largest absolute Gasteiger partial charge is 0.411 e. The average Bonchev–Trinajstić information content (AvgIpc) is 3.32. The van der Waals surface area contributed by atoms with Crippen molar-refractivity contribution in [2.75, 3.05) is 18.9 Å². The van der Waals surface area contributed by atoms with Crippen molar-refractivity contribution in [3.63, 3.8) is 0 Å². The highest BCUT2D eigenvalue weighted by molar-refractivity contribution is 6.74. The molecule has 0 bridgehead atoms. The highest BCUT2D eigenvalue weighted by Crippen LogP contribution is 2.47. The molecule has 36 heavy (non-hydrogen) atoms. The lowest BCUT2D eigenvalue weighted by atomic mass is 10.1. The number of hydrogen-bond donors (Lipinski definition) is 1. The van der Waals surface area contributed by atoms with Crippen LogP contribution in [0, 0.1) is 0 Å². The van der Waals surface area contributed by atoms with E-state index >= 15 is 0 Å². The van der Waals surface area contributed by atoms with E-state index in [1.54, 1.807) is 6.33 Å². The number of anilines is 1. The molecule has 0 aliphatic carbocycles. The average molecular weight is 538 g/mol. The van der Waals surface area contributed by atoms with Crippen molar-refractivity contribution in [2.45, 2.75) is 116 Å². The molecule has 2 aromatic heterocycles. The summed E-state index contributed by atoms with van der Waals surface area (Å²) in [6, 6.07) is 0. The van der Waals surface area contributed by atoms with Gasteiger partial charge in [0.1, 0.15) is 11.8 Å². The van der Waals surface area contributed by atoms with Crippen LogP contribution in [0.4, 0.5) is 5.82 Å². The molecule has 2 N–H and O–H groups in total. The van der Waals surface area contributed by atoms with Crippen LogP contribution in [0.3, 0.4) is 0 Å². The number of fused-ring (bicyclic) bond motifs is 1. The van der Waals surface area contributed by atoms with Gasteiger partial charge in [-0.15, -0.1) is 0 Å². The van der Waals surface area contributed by atoms with Crippen molar-refractivity contribution >= 4 is 33.6 Å². The van der Waals surface area contributed by atoms with Crippen molar-refractivity contribution in [3.05, 3.63) is 12.7 Å². The fraction of sp³-hybridized carbons (Fsp3) is 0.800. The molecule has 1 fully saturated rings. The van der Waals surface area contributed by atoms with Gasteiger partial charge in [-0.3, -0.25) is 4.57 Å². The zero-order valence-corrected chi connectivity index (χ0v) is 26.1. The maximum absolute atomic E-state index is 6.98. The molecule has 0 aromatic carbocycles. The van der Waals surface area contributed by atoms with Gasteiger partial charge in [-0.2, -0.15) is 0 Å². The van der Waals surface area contributed by atoms with Crippen LogP contribution in [-0.4, -0.2) is 61.3 Å². The van der Waals surface area contributed by atoms with Crippen molar-refractivity contribution in [2.24, 2.45) is 0 Å². The van der Waals surface area contributed by atoms with Gasteiger partial charge >= 0.3 is 0 Å². The molecule has 0 spiro atoms. The van der Waals surface area contributed by atoms with Gasteiger partial charge in [0.2, 0.25) is 0 Å². The summed E-state index contributed by atoms with van der Waals surface area (Å²) in [5.41, 5.74) is 7.26. The fourth-order valence-electron chi connectivity index (χ4n) is 3.72. The van der Waals surface area contributed by atoms with Crippen LogP contribution >= 0.6 is 0 Å². The number of nitrogens with two attached hydrogens (primary N) is 1. The Bertz CT molecular complexity index is 1050. The van der Waals surface area contributed by atoms with E-state index in [1.165, 1.54) is 6.33 Å². The van der Waals surface area contributed by atoms with Gasteiger partial charge < -0.3 is 24.1 Å². The van der Waals surface area contributed by atoms with E-state index in [1.807, 2.05) is 4.57 Å². The van der Waals surface area contributed by atoms with Gasteiger partial charge in [-0.05, 0) is 42.7 Å². The Morgan fingerprint density at radius 1 is 1.06 bits per heavy atom. The summed E-state index contributed by atoms with van der Waals surface area (Å²) in [5.74, 6) is -0.591. The van der Waals surface area contributed by atoms with Crippen LogP contribution in [-0.2, 0) is 18.3 Å². The van der Waals surface area contributed by atoms with Crippen LogP contribution in [0.25, 0.3) is 11.2 Å². The Hall–Kier alpha value is -1.38. The Balaban J connectivity index is 2.03. The molecule has 3 heterocycles. The number of nitrogens with zero attached hydrogens (tertiary/aromatic N) is 4. The minimum atomic E-state index is -2.14. The van der Waals surface area contributed by atoms with E-state index in [-0.39, 0.29) is 16.2 Å². The van der Waals surface area contributed by atoms with Crippen LogP contribution < -0.4 is 5.73 Å². The van der Waals surface area contributed by atoms with Gasteiger partial charge in [0, 0.05) is 13.0 Å². The Kier molecular flexibility index (Phi) is 8.16. The second-order valence-corrected chi connectivity index (χ2v) is 22.6. The number of hydrogen-bond acceptors (Lipinski definition) is 8. The SMILES string of the molecule is CCCO[C@]1(CO[Si](C)(C)C(C)(C)C)C[C@@H](O[Si](C)(C)C(C)(C)C)[C@H](n2cnc3c(N)ncnc32)O1. The minimum Gasteiger partial charge on any atom is -0.411 e. The topological polar surface area (TPSA) is 107 Å². The summed E-state index contributed by atoms with van der Waals surface area (Å²) in [4.78, 5) is 13.1. The quantitative estimate of drug-likeness (QED) is 0.396. The van der Waals surface area contributed by atoms with Crippen molar-refractivity contribution in [1.82, 2.24) is 19.5 Å². The van der Waals surface area contributed by atoms with E-state index < -0.39 is 28.6 Å². The maximum atomic E-state index is 6.98. The number of imidazole rings is 1. The number of rotatable bonds is 9. The van der Waals surface area contributed by atoms with E-state index in [0.717, 1.165) is 6.42 Å². The lowest BCUT2D eigenvalue weighted by molar-refractivity contribution is -0.253. The minimum absolute atomic E-state index is 0.0360. The molecule has 3 rings (SSSR count). The molecule has 2 aromatic rings. The lowest BCUT2D eigenvalue weighted by Gasteiger charge is -2.40. The van der Waals surface area contributed by atoms with E-state index in [2.05, 4.69) is 89.6 Å². The third-order valence-electron chi connectivity index (χ3n) is 8.11. The normalized spacial score (nSPS) is 24.1. The first-order valence-electron chi connectivity index (χ1n) is 13.0. The van der Waals surface area contributed by atoms with Crippen LogP contribution in [0.2, 0.25) is 36.3 Å². The molecule has 0 saturated carbocycles. The van der Waals surface area contributed by atoms with Crippen LogP contribution in [0.15, 0.2) is 12.7 Å². The van der Waals surface area contributed by atoms with Gasteiger partial charge in [-0.25, -0.2) is 15.0 Å². The molecule has 1 aliphatic heterocycles. The highest BCUT2D eigenvalue weighted by Gasteiger charge is 2.54. The van der Waals surface area contributed by atoms with E-state index in [4.69, 9.17) is 24.1 Å². The predicted octanol–water partition coefficient (Wildman–Crippen LogP) is 5.86. The number of ether oxygens (including phenoxy) is 2. The Morgan fingerprint density at radius 2 is 1.69 bits per heavy atom. The zero-order valence-electron chi connectivity index (χ0n) is 24.1. The summed E-state index contributed by atoms with van der Waals surface area (Å²) in [6.07, 6.45) is 3.85. The molecule has 204 valence electrons. The van der Waals surface area contributed by atoms with Gasteiger partial charge in [0.25, 0.3) is 0 Å². The molecule has 3 atom stereocenters. The number of nitrogen functional groups attached to an aromatic ring is 1.